The maximum atomic E-state index is 11.9. The van der Waals surface area contributed by atoms with Gasteiger partial charge in [-0.1, -0.05) is 31.4 Å². The lowest BCUT2D eigenvalue weighted by atomic mass is 9.99. The average Bonchev–Trinajstić information content (AvgIpc) is 2.37. The van der Waals surface area contributed by atoms with Gasteiger partial charge in [-0.05, 0) is 37.8 Å². The summed E-state index contributed by atoms with van der Waals surface area (Å²) in [7, 11) is 0. The molecule has 0 radical (unpaired) electrons. The summed E-state index contributed by atoms with van der Waals surface area (Å²) in [6.07, 6.45) is 8.00. The average molecular weight is 260 g/mol. The van der Waals surface area contributed by atoms with Gasteiger partial charge in [0.15, 0.2) is 0 Å². The van der Waals surface area contributed by atoms with Gasteiger partial charge < -0.3 is 5.11 Å². The minimum Gasteiger partial charge on any atom is -0.507 e. The summed E-state index contributed by atoms with van der Waals surface area (Å²) in [6.45, 7) is 0. The first-order valence-corrected chi connectivity index (χ1v) is 6.91. The third kappa shape index (κ3) is 4.09. The number of aromatic hydroxyl groups is 1. The maximum Gasteiger partial charge on any atom is 0.275 e. The molecule has 1 aromatic rings. The molecule has 2 rings (SSSR count). The van der Waals surface area contributed by atoms with Crippen molar-refractivity contribution < 1.29 is 9.90 Å². The van der Waals surface area contributed by atoms with Crippen LogP contribution in [0.15, 0.2) is 29.4 Å². The second-order valence-electron chi connectivity index (χ2n) is 4.90. The van der Waals surface area contributed by atoms with Crippen LogP contribution in [0.2, 0.25) is 0 Å². The highest BCUT2D eigenvalue weighted by atomic mass is 16.3. The molecule has 0 aliphatic heterocycles. The maximum absolute atomic E-state index is 11.9. The Balaban J connectivity index is 1.96. The fourth-order valence-corrected chi connectivity index (χ4v) is 2.28. The molecule has 0 heterocycles. The summed E-state index contributed by atoms with van der Waals surface area (Å²) in [4.78, 5) is 11.9. The Bertz CT molecular complexity index is 459. The summed E-state index contributed by atoms with van der Waals surface area (Å²) in [6, 6.07) is 6.49. The number of amides is 1. The summed E-state index contributed by atoms with van der Waals surface area (Å²) in [5, 5.41) is 13.8. The van der Waals surface area contributed by atoms with Crippen LogP contribution >= 0.6 is 0 Å². The van der Waals surface area contributed by atoms with Crippen molar-refractivity contribution in [3.63, 3.8) is 0 Å². The van der Waals surface area contributed by atoms with Crippen molar-refractivity contribution in [2.24, 2.45) is 5.10 Å². The highest BCUT2D eigenvalue weighted by Gasteiger charge is 2.10. The molecule has 1 aliphatic rings. The van der Waals surface area contributed by atoms with Crippen LogP contribution in [0.25, 0.3) is 0 Å². The van der Waals surface area contributed by atoms with E-state index in [1.165, 1.54) is 25.3 Å². The van der Waals surface area contributed by atoms with Crippen LogP contribution in [0, 0.1) is 0 Å². The molecule has 1 fully saturated rings. The first-order chi connectivity index (χ1) is 9.27. The number of phenols is 1. The number of hydrogen-bond acceptors (Lipinski definition) is 3. The van der Waals surface area contributed by atoms with Crippen molar-refractivity contribution in [2.45, 2.75) is 44.9 Å². The van der Waals surface area contributed by atoms with Crippen molar-refractivity contribution in [3.8, 4) is 5.75 Å². The smallest absolute Gasteiger partial charge is 0.275 e. The molecular weight excluding hydrogens is 240 g/mol. The molecule has 1 aliphatic carbocycles. The van der Waals surface area contributed by atoms with E-state index in [0.29, 0.717) is 0 Å². The molecular formula is C15H20N2O2. The zero-order valence-electron chi connectivity index (χ0n) is 11.1. The number of nitrogens with zero attached hydrogens (tertiary/aromatic N) is 1. The zero-order valence-corrected chi connectivity index (χ0v) is 11.1. The van der Waals surface area contributed by atoms with Crippen molar-refractivity contribution in [1.82, 2.24) is 5.43 Å². The molecule has 0 saturated heterocycles. The van der Waals surface area contributed by atoms with E-state index in [0.717, 1.165) is 31.4 Å². The van der Waals surface area contributed by atoms with Gasteiger partial charge in [0, 0.05) is 5.71 Å². The predicted molar refractivity (Wildman–Crippen MR) is 75.3 cm³/mol. The highest BCUT2D eigenvalue weighted by molar-refractivity contribution is 5.97. The molecule has 0 spiro atoms. The number of nitrogens with one attached hydrogen (secondary N) is 1. The van der Waals surface area contributed by atoms with E-state index in [4.69, 9.17) is 0 Å². The Morgan fingerprint density at radius 3 is 2.37 bits per heavy atom. The molecule has 19 heavy (non-hydrogen) atoms. The van der Waals surface area contributed by atoms with Crippen molar-refractivity contribution in [1.29, 1.82) is 0 Å². The first kappa shape index (κ1) is 13.6. The lowest BCUT2D eigenvalue weighted by molar-refractivity contribution is 0.0952. The lowest BCUT2D eigenvalue weighted by Crippen LogP contribution is -2.20. The van der Waals surface area contributed by atoms with Crippen molar-refractivity contribution in [2.75, 3.05) is 0 Å². The molecule has 102 valence electrons. The van der Waals surface area contributed by atoms with Gasteiger partial charge in [0.05, 0.1) is 5.56 Å². The predicted octanol–water partition coefficient (Wildman–Crippen LogP) is 3.22. The van der Waals surface area contributed by atoms with Gasteiger partial charge >= 0.3 is 0 Å². The quantitative estimate of drug-likeness (QED) is 0.802. The van der Waals surface area contributed by atoms with Crippen LogP contribution in [-0.2, 0) is 0 Å². The van der Waals surface area contributed by atoms with Crippen LogP contribution in [0.3, 0.4) is 0 Å². The van der Waals surface area contributed by atoms with E-state index < -0.39 is 0 Å². The normalized spacial score (nSPS) is 16.3. The highest BCUT2D eigenvalue weighted by Crippen LogP contribution is 2.16. The van der Waals surface area contributed by atoms with Crippen molar-refractivity contribution in [3.05, 3.63) is 29.8 Å². The molecule has 4 heteroatoms. The molecule has 2 N–H and O–H groups in total. The Labute approximate surface area is 113 Å². The summed E-state index contributed by atoms with van der Waals surface area (Å²) in [5.74, 6) is -0.370. The molecule has 1 aromatic carbocycles. The third-order valence-corrected chi connectivity index (χ3v) is 3.39. The van der Waals surface area contributed by atoms with Crippen LogP contribution in [0.4, 0.5) is 0 Å². The fraction of sp³-hybridized carbons (Fsp3) is 0.467. The number of benzene rings is 1. The Kier molecular flexibility index (Phi) is 4.95. The molecule has 0 bridgehead atoms. The van der Waals surface area contributed by atoms with E-state index in [1.54, 1.807) is 18.2 Å². The number of carbonyl (C=O) groups excluding carboxylic acids is 1. The monoisotopic (exact) mass is 260 g/mol. The van der Waals surface area contributed by atoms with Crippen LogP contribution < -0.4 is 5.43 Å². The number of carbonyl (C=O) groups is 1. The molecule has 1 amide bonds. The Morgan fingerprint density at radius 1 is 1.05 bits per heavy atom. The summed E-state index contributed by atoms with van der Waals surface area (Å²) < 4.78 is 0. The number of rotatable bonds is 2. The van der Waals surface area contributed by atoms with Gasteiger partial charge in [-0.25, -0.2) is 5.43 Å². The van der Waals surface area contributed by atoms with Gasteiger partial charge in [0.25, 0.3) is 5.91 Å². The van der Waals surface area contributed by atoms with Gasteiger partial charge in [-0.15, -0.1) is 0 Å². The minimum atomic E-state index is -0.354. The SMILES string of the molecule is O=C(NN=C1CCCCCCC1)c1ccccc1O. The molecule has 0 unspecified atom stereocenters. The molecule has 0 aromatic heterocycles. The van der Waals surface area contributed by atoms with Crippen LogP contribution in [-0.4, -0.2) is 16.7 Å². The molecule has 1 saturated carbocycles. The number of para-hydroxylation sites is 1. The minimum absolute atomic E-state index is 0.0159. The van der Waals surface area contributed by atoms with E-state index in [1.807, 2.05) is 0 Å². The topological polar surface area (TPSA) is 61.7 Å². The van der Waals surface area contributed by atoms with Gasteiger partial charge in [0.1, 0.15) is 5.75 Å². The standard InChI is InChI=1S/C15H20N2O2/c18-14-11-7-6-10-13(14)15(19)17-16-12-8-4-2-1-3-5-9-12/h6-7,10-11,18H,1-5,8-9H2,(H,17,19). The van der Waals surface area contributed by atoms with E-state index in [9.17, 15) is 9.90 Å². The Morgan fingerprint density at radius 2 is 1.68 bits per heavy atom. The summed E-state index contributed by atoms with van der Waals surface area (Å²) in [5.41, 5.74) is 3.87. The molecule has 4 nitrogen and oxygen atoms in total. The number of phenolic OH excluding ortho intramolecular Hbond substituents is 1. The van der Waals surface area contributed by atoms with Crippen LogP contribution in [0.5, 0.6) is 5.75 Å². The Hall–Kier alpha value is -1.84. The van der Waals surface area contributed by atoms with Gasteiger partial charge in [-0.2, -0.15) is 5.10 Å². The van der Waals surface area contributed by atoms with Gasteiger partial charge in [-0.3, -0.25) is 4.79 Å². The number of hydrazone groups is 1. The lowest BCUT2D eigenvalue weighted by Gasteiger charge is -2.11. The van der Waals surface area contributed by atoms with Crippen LogP contribution in [0.1, 0.15) is 55.3 Å². The molecule has 0 atom stereocenters. The van der Waals surface area contributed by atoms with E-state index in [2.05, 4.69) is 10.5 Å². The van der Waals surface area contributed by atoms with E-state index in [-0.39, 0.29) is 17.2 Å². The second kappa shape index (κ2) is 6.92. The summed E-state index contributed by atoms with van der Waals surface area (Å²) >= 11 is 0. The van der Waals surface area contributed by atoms with E-state index >= 15 is 0 Å². The number of hydrogen-bond donors (Lipinski definition) is 2. The fourth-order valence-electron chi connectivity index (χ4n) is 2.28. The second-order valence-corrected chi connectivity index (χ2v) is 4.90. The van der Waals surface area contributed by atoms with Gasteiger partial charge in [0.2, 0.25) is 0 Å². The largest absolute Gasteiger partial charge is 0.507 e. The zero-order chi connectivity index (χ0) is 13.5. The third-order valence-electron chi connectivity index (χ3n) is 3.39. The van der Waals surface area contributed by atoms with Crippen molar-refractivity contribution >= 4 is 11.6 Å². The first-order valence-electron chi connectivity index (χ1n) is 6.91.